The van der Waals surface area contributed by atoms with E-state index in [1.807, 2.05) is 31.2 Å². The molecule has 0 unspecified atom stereocenters. The largest absolute Gasteiger partial charge is 0.457 e. The number of nitrogens with one attached hydrogen (secondary N) is 1. The summed E-state index contributed by atoms with van der Waals surface area (Å²) in [4.78, 5) is 38.9. The molecule has 0 aliphatic carbocycles. The monoisotopic (exact) mass is 570 g/mol. The molecule has 1 atom stereocenters. The third-order valence-electron chi connectivity index (χ3n) is 5.82. The van der Waals surface area contributed by atoms with Crippen LogP contribution in [0.15, 0.2) is 65.1 Å². The first-order valence-electron chi connectivity index (χ1n) is 11.3. The molecule has 3 aromatic rings. The molecule has 0 spiro atoms. The van der Waals surface area contributed by atoms with Gasteiger partial charge in [0.15, 0.2) is 6.61 Å². The van der Waals surface area contributed by atoms with Crippen molar-refractivity contribution in [1.82, 2.24) is 0 Å². The Morgan fingerprint density at radius 3 is 2.33 bits per heavy atom. The van der Waals surface area contributed by atoms with Crippen LogP contribution >= 0.6 is 27.5 Å². The number of halogens is 2. The first-order chi connectivity index (χ1) is 17.2. The minimum Gasteiger partial charge on any atom is -0.457 e. The average molecular weight is 572 g/mol. The van der Waals surface area contributed by atoms with E-state index in [-0.39, 0.29) is 18.9 Å². The lowest BCUT2D eigenvalue weighted by atomic mass is 10.1. The molecule has 1 aliphatic heterocycles. The number of ether oxygens (including phenoxy) is 2. The van der Waals surface area contributed by atoms with Crippen LogP contribution in [0.1, 0.15) is 17.5 Å². The summed E-state index contributed by atoms with van der Waals surface area (Å²) >= 11 is 9.51. The molecule has 36 heavy (non-hydrogen) atoms. The Labute approximate surface area is 222 Å². The van der Waals surface area contributed by atoms with Gasteiger partial charge in [0, 0.05) is 28.8 Å². The Morgan fingerprint density at radius 2 is 1.67 bits per heavy atom. The molecule has 4 rings (SSSR count). The number of hydrogen-bond donors (Lipinski definition) is 1. The van der Waals surface area contributed by atoms with Gasteiger partial charge in [0.05, 0.1) is 10.9 Å². The third-order valence-corrected chi connectivity index (χ3v) is 7.20. The molecule has 1 heterocycles. The molecule has 186 valence electrons. The van der Waals surface area contributed by atoms with Gasteiger partial charge in [0.25, 0.3) is 5.91 Å². The lowest BCUT2D eigenvalue weighted by molar-refractivity contribution is -0.151. The summed E-state index contributed by atoms with van der Waals surface area (Å²) in [7, 11) is 0. The highest BCUT2D eigenvalue weighted by atomic mass is 79.9. The van der Waals surface area contributed by atoms with E-state index in [1.165, 1.54) is 4.90 Å². The van der Waals surface area contributed by atoms with Crippen LogP contribution in [0.4, 0.5) is 11.4 Å². The van der Waals surface area contributed by atoms with E-state index < -0.39 is 24.4 Å². The number of anilines is 2. The van der Waals surface area contributed by atoms with Gasteiger partial charge < -0.3 is 19.7 Å². The number of carbonyl (C=O) groups excluding carboxylic acids is 3. The third kappa shape index (κ3) is 6.06. The summed E-state index contributed by atoms with van der Waals surface area (Å²) in [6.07, 6.45) is 0.0174. The van der Waals surface area contributed by atoms with Gasteiger partial charge in [-0.05, 0) is 83.9 Å². The summed E-state index contributed by atoms with van der Waals surface area (Å²) < 4.78 is 11.7. The Hall–Kier alpha value is -3.36. The van der Waals surface area contributed by atoms with Gasteiger partial charge in [-0.15, -0.1) is 0 Å². The fraction of sp³-hybridized carbons (Fsp3) is 0.222. The molecule has 0 radical (unpaired) electrons. The molecule has 2 amide bonds. The van der Waals surface area contributed by atoms with Crippen molar-refractivity contribution in [1.29, 1.82) is 0 Å². The lowest BCUT2D eigenvalue weighted by Crippen LogP contribution is -2.28. The first kappa shape index (κ1) is 25.7. The van der Waals surface area contributed by atoms with Gasteiger partial charge in [0.2, 0.25) is 5.91 Å². The normalized spacial score (nSPS) is 15.1. The number of amides is 2. The Kier molecular flexibility index (Phi) is 7.96. The Morgan fingerprint density at radius 1 is 1.03 bits per heavy atom. The van der Waals surface area contributed by atoms with E-state index in [9.17, 15) is 14.4 Å². The number of aryl methyl sites for hydroxylation is 1. The van der Waals surface area contributed by atoms with Crippen LogP contribution in [0, 0.1) is 19.8 Å². The van der Waals surface area contributed by atoms with Gasteiger partial charge in [0.1, 0.15) is 11.5 Å². The fourth-order valence-corrected chi connectivity index (χ4v) is 4.37. The molecule has 0 aromatic heterocycles. The van der Waals surface area contributed by atoms with Gasteiger partial charge in [-0.3, -0.25) is 14.4 Å². The number of nitrogens with zero attached hydrogens (tertiary/aromatic N) is 1. The van der Waals surface area contributed by atoms with E-state index in [4.69, 9.17) is 21.1 Å². The quantitative estimate of drug-likeness (QED) is 0.349. The van der Waals surface area contributed by atoms with E-state index in [2.05, 4.69) is 21.2 Å². The Balaban J connectivity index is 1.30. The first-order valence-corrected chi connectivity index (χ1v) is 12.4. The summed E-state index contributed by atoms with van der Waals surface area (Å²) in [6, 6.07) is 18.2. The molecule has 1 saturated heterocycles. The van der Waals surface area contributed by atoms with Crippen molar-refractivity contribution in [2.24, 2.45) is 5.92 Å². The molecule has 3 aromatic carbocycles. The average Bonchev–Trinajstić information content (AvgIpc) is 3.26. The van der Waals surface area contributed by atoms with E-state index >= 15 is 0 Å². The molecule has 0 saturated carbocycles. The van der Waals surface area contributed by atoms with Crippen LogP contribution in [-0.2, 0) is 19.1 Å². The van der Waals surface area contributed by atoms with Crippen LogP contribution in [-0.4, -0.2) is 30.9 Å². The van der Waals surface area contributed by atoms with Crippen molar-refractivity contribution in [2.45, 2.75) is 20.3 Å². The predicted octanol–water partition coefficient (Wildman–Crippen LogP) is 6.05. The van der Waals surface area contributed by atoms with E-state index in [0.29, 0.717) is 27.7 Å². The van der Waals surface area contributed by atoms with Crippen LogP contribution in [0.2, 0.25) is 5.02 Å². The number of esters is 1. The number of carbonyl (C=O) groups is 3. The molecule has 1 N–H and O–H groups in total. The van der Waals surface area contributed by atoms with Crippen LogP contribution in [0.5, 0.6) is 11.5 Å². The van der Waals surface area contributed by atoms with E-state index in [0.717, 1.165) is 15.8 Å². The van der Waals surface area contributed by atoms with Crippen molar-refractivity contribution in [3.63, 3.8) is 0 Å². The van der Waals surface area contributed by atoms with E-state index in [1.54, 1.807) is 43.3 Å². The van der Waals surface area contributed by atoms with Crippen LogP contribution in [0.25, 0.3) is 0 Å². The van der Waals surface area contributed by atoms with Gasteiger partial charge in [-0.2, -0.15) is 0 Å². The zero-order valence-corrected chi connectivity index (χ0v) is 22.1. The minimum atomic E-state index is -0.655. The van der Waals surface area contributed by atoms with Crippen molar-refractivity contribution in [3.05, 3.63) is 81.3 Å². The second-order valence-corrected chi connectivity index (χ2v) is 9.74. The zero-order chi connectivity index (χ0) is 25.8. The molecule has 1 aliphatic rings. The molecule has 7 nitrogen and oxygen atoms in total. The van der Waals surface area contributed by atoms with Gasteiger partial charge in [-0.25, -0.2) is 0 Å². The minimum absolute atomic E-state index is 0.0174. The van der Waals surface area contributed by atoms with Crippen molar-refractivity contribution in [3.8, 4) is 11.5 Å². The molecular formula is C27H24BrClN2O5. The number of benzene rings is 3. The molecular weight excluding hydrogens is 548 g/mol. The smallest absolute Gasteiger partial charge is 0.311 e. The number of rotatable bonds is 7. The maximum atomic E-state index is 12.6. The summed E-state index contributed by atoms with van der Waals surface area (Å²) in [5.41, 5.74) is 3.02. The highest BCUT2D eigenvalue weighted by molar-refractivity contribution is 9.10. The van der Waals surface area contributed by atoms with Crippen molar-refractivity contribution >= 4 is 56.7 Å². The van der Waals surface area contributed by atoms with Crippen LogP contribution in [0.3, 0.4) is 0 Å². The maximum Gasteiger partial charge on any atom is 0.311 e. The summed E-state index contributed by atoms with van der Waals surface area (Å²) in [6.45, 7) is 3.50. The predicted molar refractivity (Wildman–Crippen MR) is 142 cm³/mol. The maximum absolute atomic E-state index is 12.6. The van der Waals surface area contributed by atoms with Crippen LogP contribution < -0.4 is 15.0 Å². The standard InChI is InChI=1S/C27H24BrClN2O5/c1-16-3-7-20(8-4-16)36-21-9-5-19(6-10-21)31-14-18(13-25(31)33)27(34)35-15-24(32)30-23-12-11-22(28)26(29)17(23)2/h3-12,18H,13-15H2,1-2H3,(H,30,32)/t18-/m1/s1. The zero-order valence-electron chi connectivity index (χ0n) is 19.7. The molecule has 1 fully saturated rings. The summed E-state index contributed by atoms with van der Waals surface area (Å²) in [5.74, 6) is -0.568. The Bertz CT molecular complexity index is 1290. The topological polar surface area (TPSA) is 84.9 Å². The second kappa shape index (κ2) is 11.1. The lowest BCUT2D eigenvalue weighted by Gasteiger charge is -2.17. The van der Waals surface area contributed by atoms with Gasteiger partial charge in [-0.1, -0.05) is 29.3 Å². The van der Waals surface area contributed by atoms with Crippen molar-refractivity contribution in [2.75, 3.05) is 23.4 Å². The number of hydrogen-bond acceptors (Lipinski definition) is 5. The summed E-state index contributed by atoms with van der Waals surface area (Å²) in [5, 5.41) is 3.17. The molecule has 0 bridgehead atoms. The fourth-order valence-electron chi connectivity index (χ4n) is 3.78. The van der Waals surface area contributed by atoms with Gasteiger partial charge >= 0.3 is 5.97 Å². The van der Waals surface area contributed by atoms with Crippen molar-refractivity contribution < 1.29 is 23.9 Å². The SMILES string of the molecule is Cc1ccc(Oc2ccc(N3C[C@H](C(=O)OCC(=O)Nc4ccc(Br)c(Cl)c4C)CC3=O)cc2)cc1. The second-order valence-electron chi connectivity index (χ2n) is 8.50. The highest BCUT2D eigenvalue weighted by Crippen LogP contribution is 2.31. The molecule has 9 heteroatoms. The highest BCUT2D eigenvalue weighted by Gasteiger charge is 2.36.